The molecule has 0 spiro atoms. The summed E-state index contributed by atoms with van der Waals surface area (Å²) in [4.78, 5) is 26.6. The number of benzene rings is 3. The number of para-hydroxylation sites is 1. The van der Waals surface area contributed by atoms with Crippen molar-refractivity contribution in [2.45, 2.75) is 26.9 Å². The van der Waals surface area contributed by atoms with E-state index in [0.29, 0.717) is 42.3 Å². The second-order valence-electron chi connectivity index (χ2n) is 8.70. The first-order valence-corrected chi connectivity index (χ1v) is 11.6. The predicted molar refractivity (Wildman–Crippen MR) is 138 cm³/mol. The Kier molecular flexibility index (Phi) is 6.14. The Bertz CT molecular complexity index is 1460. The summed E-state index contributed by atoms with van der Waals surface area (Å²) in [6, 6.07) is 21.1. The van der Waals surface area contributed by atoms with Crippen LogP contribution in [-0.2, 0) is 17.9 Å². The Labute approximate surface area is 203 Å². The van der Waals surface area contributed by atoms with Crippen molar-refractivity contribution >= 4 is 28.2 Å². The highest BCUT2D eigenvalue weighted by atomic mass is 16.6. The molecule has 5 rings (SSSR count). The number of hydrogen-bond acceptors (Lipinski definition) is 5. The number of anilines is 2. The van der Waals surface area contributed by atoms with Crippen molar-refractivity contribution < 1.29 is 14.3 Å². The van der Waals surface area contributed by atoms with Gasteiger partial charge in [0.1, 0.15) is 19.8 Å². The summed E-state index contributed by atoms with van der Waals surface area (Å²) in [5.41, 5.74) is 4.61. The molecule has 0 atom stereocenters. The molecule has 1 aromatic heterocycles. The monoisotopic (exact) mass is 469 g/mol. The van der Waals surface area contributed by atoms with Gasteiger partial charge >= 0.3 is 0 Å². The third-order valence-corrected chi connectivity index (χ3v) is 6.06. The maximum atomic E-state index is 13.6. The van der Waals surface area contributed by atoms with Gasteiger partial charge in [0.2, 0.25) is 5.91 Å². The minimum absolute atomic E-state index is 0.123. The Morgan fingerprint density at radius 3 is 2.46 bits per heavy atom. The van der Waals surface area contributed by atoms with Crippen molar-refractivity contribution in [3.63, 3.8) is 0 Å². The number of hydrogen-bond donors (Lipinski definition) is 2. The normalized spacial score (nSPS) is 12.4. The molecule has 178 valence electrons. The zero-order chi connectivity index (χ0) is 24.4. The summed E-state index contributed by atoms with van der Waals surface area (Å²) in [6.07, 6.45) is 0. The molecule has 2 N–H and O–H groups in total. The molecule has 7 heteroatoms. The van der Waals surface area contributed by atoms with Crippen LogP contribution < -0.4 is 25.7 Å². The van der Waals surface area contributed by atoms with Crippen LogP contribution in [0.5, 0.6) is 11.5 Å². The van der Waals surface area contributed by atoms with Gasteiger partial charge in [0, 0.05) is 34.9 Å². The van der Waals surface area contributed by atoms with Crippen molar-refractivity contribution in [1.29, 1.82) is 0 Å². The van der Waals surface area contributed by atoms with Gasteiger partial charge in [-0.05, 0) is 55.3 Å². The topological polar surface area (TPSA) is 81.6 Å². The summed E-state index contributed by atoms with van der Waals surface area (Å²) in [5.74, 6) is 0.933. The lowest BCUT2D eigenvalue weighted by Crippen LogP contribution is -2.31. The number of ether oxygens (including phenoxy) is 2. The van der Waals surface area contributed by atoms with Crippen LogP contribution in [0, 0.1) is 13.8 Å². The number of nitrogens with zero attached hydrogens (tertiary/aromatic N) is 1. The van der Waals surface area contributed by atoms with Gasteiger partial charge in [-0.3, -0.25) is 14.2 Å². The lowest BCUT2D eigenvalue weighted by Gasteiger charge is -2.21. The first kappa shape index (κ1) is 22.5. The second-order valence-corrected chi connectivity index (χ2v) is 8.70. The van der Waals surface area contributed by atoms with Crippen LogP contribution in [0.3, 0.4) is 0 Å². The fourth-order valence-corrected chi connectivity index (χ4v) is 4.22. The van der Waals surface area contributed by atoms with Gasteiger partial charge < -0.3 is 20.1 Å². The Balaban J connectivity index is 1.52. The number of nitrogens with one attached hydrogen (secondary N) is 2. The molecule has 1 aliphatic heterocycles. The van der Waals surface area contributed by atoms with Crippen LogP contribution in [0.1, 0.15) is 16.7 Å². The van der Waals surface area contributed by atoms with Crippen LogP contribution >= 0.6 is 0 Å². The average Bonchev–Trinajstić information content (AvgIpc) is 2.86. The molecular weight excluding hydrogens is 442 g/mol. The van der Waals surface area contributed by atoms with Crippen LogP contribution in [0.2, 0.25) is 0 Å². The molecule has 0 unspecified atom stereocenters. The lowest BCUT2D eigenvalue weighted by molar-refractivity contribution is -0.116. The number of carbonyl (C=O) groups is 1. The molecule has 1 aliphatic rings. The highest BCUT2D eigenvalue weighted by molar-refractivity contribution is 5.93. The second kappa shape index (κ2) is 9.54. The van der Waals surface area contributed by atoms with Gasteiger partial charge in [0.15, 0.2) is 11.5 Å². The largest absolute Gasteiger partial charge is 0.486 e. The highest BCUT2D eigenvalue weighted by Gasteiger charge is 2.18. The van der Waals surface area contributed by atoms with E-state index in [0.717, 1.165) is 27.9 Å². The van der Waals surface area contributed by atoms with E-state index in [1.165, 1.54) is 4.57 Å². The SMILES string of the molecule is Cc1ccc(C)c(NC(=O)Cn2c(=O)c(CNc3ccccc3)cc3cc4c(cc32)OCCO4)c1. The predicted octanol–water partition coefficient (Wildman–Crippen LogP) is 4.64. The van der Waals surface area contributed by atoms with Crippen molar-refractivity contribution in [1.82, 2.24) is 4.57 Å². The zero-order valence-corrected chi connectivity index (χ0v) is 19.8. The van der Waals surface area contributed by atoms with Crippen LogP contribution in [0.15, 0.2) is 71.5 Å². The minimum Gasteiger partial charge on any atom is -0.486 e. The molecule has 4 aromatic rings. The van der Waals surface area contributed by atoms with E-state index in [1.807, 2.05) is 74.5 Å². The van der Waals surface area contributed by atoms with Crippen LogP contribution in [0.4, 0.5) is 11.4 Å². The van der Waals surface area contributed by atoms with E-state index in [4.69, 9.17) is 9.47 Å². The number of aryl methyl sites for hydroxylation is 2. The van der Waals surface area contributed by atoms with Gasteiger partial charge in [-0.2, -0.15) is 0 Å². The number of carbonyl (C=O) groups excluding carboxylic acids is 1. The Morgan fingerprint density at radius 2 is 1.69 bits per heavy atom. The van der Waals surface area contributed by atoms with Crippen molar-refractivity contribution in [3.8, 4) is 11.5 Å². The van der Waals surface area contributed by atoms with Crippen LogP contribution in [-0.4, -0.2) is 23.7 Å². The van der Waals surface area contributed by atoms with E-state index in [-0.39, 0.29) is 18.0 Å². The molecule has 0 saturated carbocycles. The molecule has 0 saturated heterocycles. The minimum atomic E-state index is -0.273. The molecular formula is C28H27N3O4. The summed E-state index contributed by atoms with van der Waals surface area (Å²) < 4.78 is 13.0. The lowest BCUT2D eigenvalue weighted by atomic mass is 10.1. The number of fused-ring (bicyclic) bond motifs is 2. The summed E-state index contributed by atoms with van der Waals surface area (Å²) in [6.45, 7) is 5.03. The van der Waals surface area contributed by atoms with Gasteiger partial charge in [-0.15, -0.1) is 0 Å². The van der Waals surface area contributed by atoms with E-state index < -0.39 is 0 Å². The molecule has 0 aliphatic carbocycles. The van der Waals surface area contributed by atoms with E-state index in [9.17, 15) is 9.59 Å². The van der Waals surface area contributed by atoms with E-state index in [1.54, 1.807) is 6.07 Å². The first-order chi connectivity index (χ1) is 17.0. The highest BCUT2D eigenvalue weighted by Crippen LogP contribution is 2.34. The molecule has 0 radical (unpaired) electrons. The third-order valence-electron chi connectivity index (χ3n) is 6.06. The maximum Gasteiger partial charge on any atom is 0.256 e. The van der Waals surface area contributed by atoms with Gasteiger partial charge in [-0.25, -0.2) is 0 Å². The first-order valence-electron chi connectivity index (χ1n) is 11.6. The van der Waals surface area contributed by atoms with Crippen molar-refractivity contribution in [3.05, 3.63) is 93.8 Å². The van der Waals surface area contributed by atoms with Crippen LogP contribution in [0.25, 0.3) is 10.9 Å². The fraction of sp³-hybridized carbons (Fsp3) is 0.214. The van der Waals surface area contributed by atoms with Crippen molar-refractivity contribution in [2.75, 3.05) is 23.8 Å². The number of rotatable bonds is 6. The van der Waals surface area contributed by atoms with E-state index >= 15 is 0 Å². The van der Waals surface area contributed by atoms with Gasteiger partial charge in [-0.1, -0.05) is 30.3 Å². The standard InChI is InChI=1S/C28H27N3O4/c1-18-8-9-19(2)23(12-18)30-27(32)17-31-24-15-26-25(34-10-11-35-26)14-20(24)13-21(28(31)33)16-29-22-6-4-3-5-7-22/h3-9,12-15,29H,10-11,16-17H2,1-2H3,(H,30,32). The van der Waals surface area contributed by atoms with Gasteiger partial charge in [0.25, 0.3) is 5.56 Å². The molecule has 35 heavy (non-hydrogen) atoms. The molecule has 0 bridgehead atoms. The third kappa shape index (κ3) is 4.84. The smallest absolute Gasteiger partial charge is 0.256 e. The number of pyridine rings is 1. The summed E-state index contributed by atoms with van der Waals surface area (Å²) >= 11 is 0. The summed E-state index contributed by atoms with van der Waals surface area (Å²) in [7, 11) is 0. The molecule has 1 amide bonds. The molecule has 7 nitrogen and oxygen atoms in total. The quantitative estimate of drug-likeness (QED) is 0.430. The van der Waals surface area contributed by atoms with Gasteiger partial charge in [0.05, 0.1) is 5.52 Å². The van der Waals surface area contributed by atoms with E-state index in [2.05, 4.69) is 10.6 Å². The zero-order valence-electron chi connectivity index (χ0n) is 19.8. The maximum absolute atomic E-state index is 13.6. The Morgan fingerprint density at radius 1 is 0.943 bits per heavy atom. The number of aromatic nitrogens is 1. The molecule has 0 fully saturated rings. The fourth-order valence-electron chi connectivity index (χ4n) is 4.22. The van der Waals surface area contributed by atoms with Crippen molar-refractivity contribution in [2.24, 2.45) is 0 Å². The number of amides is 1. The molecule has 3 aromatic carbocycles. The Hall–Kier alpha value is -4.26. The average molecular weight is 470 g/mol. The molecule has 2 heterocycles. The summed E-state index contributed by atoms with van der Waals surface area (Å²) in [5, 5.41) is 7.06.